The Morgan fingerprint density at radius 3 is 2.65 bits per heavy atom. The molecule has 2 rings (SSSR count). The first kappa shape index (κ1) is 14.4. The zero-order valence-corrected chi connectivity index (χ0v) is 11.6. The molecular formula is C15H13F2NOS. The van der Waals surface area contributed by atoms with Crippen LogP contribution in [0.15, 0.2) is 36.4 Å². The van der Waals surface area contributed by atoms with Crippen molar-refractivity contribution in [2.75, 3.05) is 0 Å². The van der Waals surface area contributed by atoms with Crippen molar-refractivity contribution >= 4 is 17.2 Å². The van der Waals surface area contributed by atoms with Gasteiger partial charge >= 0.3 is 0 Å². The Labute approximate surface area is 121 Å². The predicted molar refractivity (Wildman–Crippen MR) is 77.8 cm³/mol. The molecule has 2 nitrogen and oxygen atoms in total. The molecule has 0 aliphatic carbocycles. The van der Waals surface area contributed by atoms with Gasteiger partial charge in [0, 0.05) is 17.2 Å². The SMILES string of the molecule is Cc1ccc(F)cc1OCc1cc(C(N)=S)ccc1F. The summed E-state index contributed by atoms with van der Waals surface area (Å²) in [5.41, 5.74) is 7.16. The number of hydrogen-bond donors (Lipinski definition) is 1. The number of hydrogen-bond acceptors (Lipinski definition) is 2. The van der Waals surface area contributed by atoms with E-state index in [1.165, 1.54) is 30.3 Å². The zero-order chi connectivity index (χ0) is 14.7. The highest BCUT2D eigenvalue weighted by Crippen LogP contribution is 2.21. The van der Waals surface area contributed by atoms with Gasteiger partial charge in [-0.2, -0.15) is 0 Å². The van der Waals surface area contributed by atoms with Crippen molar-refractivity contribution in [3.05, 3.63) is 64.7 Å². The van der Waals surface area contributed by atoms with Gasteiger partial charge in [0.2, 0.25) is 0 Å². The number of benzene rings is 2. The number of aryl methyl sites for hydroxylation is 1. The first-order chi connectivity index (χ1) is 9.47. The molecule has 2 aromatic rings. The van der Waals surface area contributed by atoms with E-state index in [4.69, 9.17) is 22.7 Å². The summed E-state index contributed by atoms with van der Waals surface area (Å²) in [6.45, 7) is 1.77. The summed E-state index contributed by atoms with van der Waals surface area (Å²) < 4.78 is 32.3. The lowest BCUT2D eigenvalue weighted by atomic mass is 10.1. The third-order valence-electron chi connectivity index (χ3n) is 2.86. The van der Waals surface area contributed by atoms with E-state index in [1.54, 1.807) is 13.0 Å². The largest absolute Gasteiger partial charge is 0.488 e. The average molecular weight is 293 g/mol. The molecule has 0 aliphatic rings. The number of ether oxygens (including phenoxy) is 1. The Kier molecular flexibility index (Phi) is 4.29. The fraction of sp³-hybridized carbons (Fsp3) is 0.133. The molecule has 0 atom stereocenters. The van der Waals surface area contributed by atoms with E-state index in [0.29, 0.717) is 16.9 Å². The van der Waals surface area contributed by atoms with E-state index >= 15 is 0 Å². The van der Waals surface area contributed by atoms with Crippen LogP contribution in [0.1, 0.15) is 16.7 Å². The van der Waals surface area contributed by atoms with Gasteiger partial charge < -0.3 is 10.5 Å². The summed E-state index contributed by atoms with van der Waals surface area (Å²) in [6.07, 6.45) is 0. The molecule has 2 aromatic carbocycles. The molecule has 0 saturated carbocycles. The van der Waals surface area contributed by atoms with Crippen LogP contribution >= 0.6 is 12.2 Å². The third kappa shape index (κ3) is 3.30. The third-order valence-corrected chi connectivity index (χ3v) is 3.10. The van der Waals surface area contributed by atoms with E-state index < -0.39 is 11.6 Å². The van der Waals surface area contributed by atoms with E-state index in [1.807, 2.05) is 0 Å². The maximum Gasteiger partial charge on any atom is 0.129 e. The first-order valence-electron chi connectivity index (χ1n) is 5.94. The molecule has 104 valence electrons. The highest BCUT2D eigenvalue weighted by molar-refractivity contribution is 7.80. The van der Waals surface area contributed by atoms with E-state index in [0.717, 1.165) is 5.56 Å². The molecule has 0 amide bonds. The lowest BCUT2D eigenvalue weighted by molar-refractivity contribution is 0.296. The van der Waals surface area contributed by atoms with Crippen LogP contribution in [-0.4, -0.2) is 4.99 Å². The van der Waals surface area contributed by atoms with Crippen LogP contribution in [0.5, 0.6) is 5.75 Å². The van der Waals surface area contributed by atoms with E-state index in [2.05, 4.69) is 0 Å². The van der Waals surface area contributed by atoms with E-state index in [-0.39, 0.29) is 11.6 Å². The van der Waals surface area contributed by atoms with Gasteiger partial charge in [0.25, 0.3) is 0 Å². The fourth-order valence-corrected chi connectivity index (χ4v) is 1.85. The van der Waals surface area contributed by atoms with Crippen molar-refractivity contribution in [2.24, 2.45) is 5.73 Å². The minimum Gasteiger partial charge on any atom is -0.488 e. The van der Waals surface area contributed by atoms with Crippen molar-refractivity contribution in [1.29, 1.82) is 0 Å². The lowest BCUT2D eigenvalue weighted by Gasteiger charge is -2.11. The molecule has 2 N–H and O–H groups in total. The Morgan fingerprint density at radius 1 is 1.20 bits per heavy atom. The van der Waals surface area contributed by atoms with Gasteiger partial charge in [-0.3, -0.25) is 0 Å². The molecule has 0 unspecified atom stereocenters. The summed E-state index contributed by atoms with van der Waals surface area (Å²) in [4.78, 5) is 0.188. The maximum absolute atomic E-state index is 13.7. The van der Waals surface area contributed by atoms with Gasteiger partial charge in [0.1, 0.15) is 29.0 Å². The monoisotopic (exact) mass is 293 g/mol. The molecule has 20 heavy (non-hydrogen) atoms. The first-order valence-corrected chi connectivity index (χ1v) is 6.35. The number of nitrogens with two attached hydrogens (primary N) is 1. The van der Waals surface area contributed by atoms with Crippen molar-refractivity contribution in [1.82, 2.24) is 0 Å². The van der Waals surface area contributed by atoms with Gasteiger partial charge in [-0.1, -0.05) is 18.3 Å². The maximum atomic E-state index is 13.7. The van der Waals surface area contributed by atoms with Crippen LogP contribution in [0.4, 0.5) is 8.78 Å². The summed E-state index contributed by atoms with van der Waals surface area (Å²) in [5, 5.41) is 0. The van der Waals surface area contributed by atoms with Crippen molar-refractivity contribution in [3.63, 3.8) is 0 Å². The molecule has 0 heterocycles. The second-order valence-electron chi connectivity index (χ2n) is 4.37. The van der Waals surface area contributed by atoms with Crippen molar-refractivity contribution < 1.29 is 13.5 Å². The van der Waals surface area contributed by atoms with Gasteiger partial charge in [-0.25, -0.2) is 8.78 Å². The van der Waals surface area contributed by atoms with Gasteiger partial charge in [0.05, 0.1) is 0 Å². The van der Waals surface area contributed by atoms with Crippen LogP contribution in [0, 0.1) is 18.6 Å². The van der Waals surface area contributed by atoms with Crippen LogP contribution < -0.4 is 10.5 Å². The molecule has 0 bridgehead atoms. The number of thiocarbonyl (C=S) groups is 1. The Bertz CT molecular complexity index is 658. The highest BCUT2D eigenvalue weighted by atomic mass is 32.1. The molecular weight excluding hydrogens is 280 g/mol. The van der Waals surface area contributed by atoms with Gasteiger partial charge in [-0.15, -0.1) is 0 Å². The van der Waals surface area contributed by atoms with Gasteiger partial charge in [0.15, 0.2) is 0 Å². The summed E-state index contributed by atoms with van der Waals surface area (Å²) >= 11 is 4.85. The average Bonchev–Trinajstić information content (AvgIpc) is 2.41. The second-order valence-corrected chi connectivity index (χ2v) is 4.81. The molecule has 0 fully saturated rings. The second kappa shape index (κ2) is 5.96. The van der Waals surface area contributed by atoms with Crippen LogP contribution in [0.2, 0.25) is 0 Å². The van der Waals surface area contributed by atoms with Crippen LogP contribution in [0.25, 0.3) is 0 Å². The summed E-state index contributed by atoms with van der Waals surface area (Å²) in [6, 6.07) is 8.54. The molecule has 0 spiro atoms. The smallest absolute Gasteiger partial charge is 0.129 e. The predicted octanol–water partition coefficient (Wildman–Crippen LogP) is 3.49. The van der Waals surface area contributed by atoms with Crippen molar-refractivity contribution in [3.8, 4) is 5.75 Å². The molecule has 5 heteroatoms. The number of rotatable bonds is 4. The molecule has 0 radical (unpaired) electrons. The minimum atomic E-state index is -0.418. The summed E-state index contributed by atoms with van der Waals surface area (Å²) in [7, 11) is 0. The Morgan fingerprint density at radius 2 is 1.95 bits per heavy atom. The molecule has 0 aromatic heterocycles. The van der Waals surface area contributed by atoms with Crippen LogP contribution in [-0.2, 0) is 6.61 Å². The standard InChI is InChI=1S/C15H13F2NOS/c1-9-2-4-12(16)7-14(9)19-8-11-6-10(15(18)20)3-5-13(11)17/h2-7H,8H2,1H3,(H2,18,20). The highest BCUT2D eigenvalue weighted by Gasteiger charge is 2.08. The Balaban J connectivity index is 2.20. The minimum absolute atomic E-state index is 0.0213. The van der Waals surface area contributed by atoms with Gasteiger partial charge in [-0.05, 0) is 36.8 Å². The number of halogens is 2. The van der Waals surface area contributed by atoms with Crippen molar-refractivity contribution in [2.45, 2.75) is 13.5 Å². The lowest BCUT2D eigenvalue weighted by Crippen LogP contribution is -2.11. The zero-order valence-electron chi connectivity index (χ0n) is 10.8. The van der Waals surface area contributed by atoms with Crippen LogP contribution in [0.3, 0.4) is 0 Å². The molecule has 0 saturated heterocycles. The summed E-state index contributed by atoms with van der Waals surface area (Å²) in [5.74, 6) is -0.438. The quantitative estimate of drug-likeness (QED) is 0.877. The topological polar surface area (TPSA) is 35.2 Å². The fourth-order valence-electron chi connectivity index (χ4n) is 1.72. The molecule has 0 aliphatic heterocycles. The Hall–Kier alpha value is -2.01. The van der Waals surface area contributed by atoms with E-state index in [9.17, 15) is 8.78 Å². The normalized spacial score (nSPS) is 10.3.